The van der Waals surface area contributed by atoms with Gasteiger partial charge in [-0.25, -0.2) is 4.79 Å². The first-order valence-electron chi connectivity index (χ1n) is 5.55. The zero-order chi connectivity index (χ0) is 12.8. The third kappa shape index (κ3) is 3.53. The summed E-state index contributed by atoms with van der Waals surface area (Å²) >= 11 is 0. The molecule has 0 saturated heterocycles. The Bertz CT molecular complexity index is 455. The Morgan fingerprint density at radius 3 is 2.71 bits per heavy atom. The number of terminal acetylenes is 1. The number of aryl methyl sites for hydroxylation is 2. The molecule has 1 aromatic carbocycles. The Kier molecular flexibility index (Phi) is 4.59. The molecule has 0 aliphatic carbocycles. The van der Waals surface area contributed by atoms with Gasteiger partial charge in [-0.15, -0.1) is 12.3 Å². The minimum absolute atomic E-state index is 0.111. The first-order chi connectivity index (χ1) is 8.06. The van der Waals surface area contributed by atoms with Crippen molar-refractivity contribution in [1.29, 1.82) is 0 Å². The number of phenols is 1. The van der Waals surface area contributed by atoms with Crippen LogP contribution < -0.4 is 0 Å². The number of aromatic carboxylic acids is 1. The predicted octanol–water partition coefficient (Wildman–Crippen LogP) is 2.74. The molecular weight excluding hydrogens is 216 g/mol. The molecule has 3 heteroatoms. The lowest BCUT2D eigenvalue weighted by molar-refractivity contribution is 0.0695. The fourth-order valence-electron chi connectivity index (χ4n) is 1.89. The third-order valence-corrected chi connectivity index (χ3v) is 2.63. The van der Waals surface area contributed by atoms with E-state index < -0.39 is 5.97 Å². The van der Waals surface area contributed by atoms with Crippen molar-refractivity contribution in [3.8, 4) is 18.1 Å². The smallest absolute Gasteiger partial charge is 0.336 e. The van der Waals surface area contributed by atoms with E-state index in [-0.39, 0.29) is 5.75 Å². The summed E-state index contributed by atoms with van der Waals surface area (Å²) < 4.78 is 0. The monoisotopic (exact) mass is 232 g/mol. The van der Waals surface area contributed by atoms with Crippen molar-refractivity contribution in [2.24, 2.45) is 0 Å². The van der Waals surface area contributed by atoms with Crippen molar-refractivity contribution in [3.63, 3.8) is 0 Å². The molecule has 0 aliphatic heterocycles. The van der Waals surface area contributed by atoms with E-state index in [1.54, 1.807) is 6.92 Å². The van der Waals surface area contributed by atoms with E-state index in [4.69, 9.17) is 11.5 Å². The summed E-state index contributed by atoms with van der Waals surface area (Å²) in [5.74, 6) is 1.71. The van der Waals surface area contributed by atoms with Crippen molar-refractivity contribution >= 4 is 5.97 Å². The highest BCUT2D eigenvalue weighted by Crippen LogP contribution is 2.23. The van der Waals surface area contributed by atoms with Crippen molar-refractivity contribution in [1.82, 2.24) is 0 Å². The summed E-state index contributed by atoms with van der Waals surface area (Å²) in [6, 6.07) is 2.99. The molecule has 0 spiro atoms. The predicted molar refractivity (Wildman–Crippen MR) is 66.2 cm³/mol. The van der Waals surface area contributed by atoms with Crippen LogP contribution in [0, 0.1) is 19.3 Å². The van der Waals surface area contributed by atoms with Gasteiger partial charge in [-0.3, -0.25) is 0 Å². The number of rotatable bonds is 5. The summed E-state index contributed by atoms with van der Waals surface area (Å²) in [6.45, 7) is 1.69. The molecule has 0 unspecified atom stereocenters. The fraction of sp³-hybridized carbons (Fsp3) is 0.357. The first-order valence-corrected chi connectivity index (χ1v) is 5.55. The quantitative estimate of drug-likeness (QED) is 0.606. The summed E-state index contributed by atoms with van der Waals surface area (Å²) in [6.07, 6.45) is 8.16. The SMILES string of the molecule is C#CCCCCc1cc(O)cc(C)c1C(=O)O. The molecule has 2 N–H and O–H groups in total. The largest absolute Gasteiger partial charge is 0.508 e. The van der Waals surface area contributed by atoms with E-state index in [2.05, 4.69) is 5.92 Å². The van der Waals surface area contributed by atoms with E-state index in [0.717, 1.165) is 12.8 Å². The molecule has 0 saturated carbocycles. The zero-order valence-corrected chi connectivity index (χ0v) is 9.86. The highest BCUT2D eigenvalue weighted by atomic mass is 16.4. The average Bonchev–Trinajstić information content (AvgIpc) is 2.22. The van der Waals surface area contributed by atoms with Gasteiger partial charge in [-0.2, -0.15) is 0 Å². The van der Waals surface area contributed by atoms with Gasteiger partial charge < -0.3 is 10.2 Å². The molecule has 0 heterocycles. The highest BCUT2D eigenvalue weighted by molar-refractivity contribution is 5.91. The minimum atomic E-state index is -0.950. The van der Waals surface area contributed by atoms with E-state index in [1.807, 2.05) is 0 Å². The van der Waals surface area contributed by atoms with Crippen molar-refractivity contribution < 1.29 is 15.0 Å². The second-order valence-electron chi connectivity index (χ2n) is 4.01. The van der Waals surface area contributed by atoms with Crippen LogP contribution in [0.25, 0.3) is 0 Å². The molecule has 1 aromatic rings. The van der Waals surface area contributed by atoms with Crippen LogP contribution in [0.3, 0.4) is 0 Å². The molecule has 0 amide bonds. The molecule has 1 rings (SSSR count). The summed E-state index contributed by atoms with van der Waals surface area (Å²) in [7, 11) is 0. The lowest BCUT2D eigenvalue weighted by atomic mass is 9.97. The molecule has 0 aliphatic rings. The van der Waals surface area contributed by atoms with E-state index in [9.17, 15) is 9.90 Å². The van der Waals surface area contributed by atoms with Gasteiger partial charge in [0.15, 0.2) is 0 Å². The van der Waals surface area contributed by atoms with Gasteiger partial charge in [0.25, 0.3) is 0 Å². The van der Waals surface area contributed by atoms with Crippen LogP contribution in [0.2, 0.25) is 0 Å². The minimum Gasteiger partial charge on any atom is -0.508 e. The number of unbranched alkanes of at least 4 members (excludes halogenated alkanes) is 2. The average molecular weight is 232 g/mol. The van der Waals surface area contributed by atoms with Gasteiger partial charge in [-0.05, 0) is 49.4 Å². The maximum Gasteiger partial charge on any atom is 0.336 e. The topological polar surface area (TPSA) is 57.5 Å². The normalized spacial score (nSPS) is 9.88. The van der Waals surface area contributed by atoms with E-state index in [1.165, 1.54) is 12.1 Å². The number of carboxylic acid groups (broad SMARTS) is 1. The van der Waals surface area contributed by atoms with Gasteiger partial charge in [-0.1, -0.05) is 0 Å². The highest BCUT2D eigenvalue weighted by Gasteiger charge is 2.14. The van der Waals surface area contributed by atoms with Gasteiger partial charge in [0, 0.05) is 6.42 Å². The Labute approximate surface area is 101 Å². The van der Waals surface area contributed by atoms with Gasteiger partial charge in [0.05, 0.1) is 5.56 Å². The number of hydrogen-bond donors (Lipinski definition) is 2. The first kappa shape index (κ1) is 13.1. The van der Waals surface area contributed by atoms with Crippen molar-refractivity contribution in [2.45, 2.75) is 32.6 Å². The second kappa shape index (κ2) is 5.95. The maximum absolute atomic E-state index is 11.1. The standard InChI is InChI=1S/C14H16O3/c1-3-4-5-6-7-11-9-12(15)8-10(2)13(11)14(16)17/h1,8-9,15H,4-7H2,2H3,(H,16,17). The molecule has 17 heavy (non-hydrogen) atoms. The van der Waals surface area contributed by atoms with Crippen LogP contribution >= 0.6 is 0 Å². The van der Waals surface area contributed by atoms with E-state index in [0.29, 0.717) is 29.5 Å². The number of carbonyl (C=O) groups is 1. The summed E-state index contributed by atoms with van der Waals surface area (Å²) in [4.78, 5) is 11.1. The van der Waals surface area contributed by atoms with Gasteiger partial charge in [0.1, 0.15) is 5.75 Å². The van der Waals surface area contributed by atoms with E-state index >= 15 is 0 Å². The summed E-state index contributed by atoms with van der Waals surface area (Å²) in [5, 5.41) is 18.6. The third-order valence-electron chi connectivity index (χ3n) is 2.63. The molecule has 0 atom stereocenters. The van der Waals surface area contributed by atoms with Crippen LogP contribution in [-0.4, -0.2) is 16.2 Å². The summed E-state index contributed by atoms with van der Waals surface area (Å²) in [5.41, 5.74) is 1.56. The van der Waals surface area contributed by atoms with Crippen LogP contribution in [0.1, 0.15) is 40.7 Å². The van der Waals surface area contributed by atoms with Gasteiger partial charge in [0.2, 0.25) is 0 Å². The second-order valence-corrected chi connectivity index (χ2v) is 4.01. The lowest BCUT2D eigenvalue weighted by Crippen LogP contribution is -2.05. The van der Waals surface area contributed by atoms with Crippen molar-refractivity contribution in [3.05, 3.63) is 28.8 Å². The number of hydrogen-bond acceptors (Lipinski definition) is 2. The molecular formula is C14H16O3. The Hall–Kier alpha value is -1.95. The molecule has 0 fully saturated rings. The van der Waals surface area contributed by atoms with Crippen LogP contribution in [0.4, 0.5) is 0 Å². The molecule has 0 radical (unpaired) electrons. The zero-order valence-electron chi connectivity index (χ0n) is 9.86. The number of benzene rings is 1. The van der Waals surface area contributed by atoms with Crippen molar-refractivity contribution in [2.75, 3.05) is 0 Å². The molecule has 90 valence electrons. The Balaban J connectivity index is 2.89. The van der Waals surface area contributed by atoms with Gasteiger partial charge >= 0.3 is 5.97 Å². The fourth-order valence-corrected chi connectivity index (χ4v) is 1.89. The number of carboxylic acids is 1. The molecule has 0 bridgehead atoms. The maximum atomic E-state index is 11.1. The van der Waals surface area contributed by atoms with Crippen LogP contribution in [0.5, 0.6) is 5.75 Å². The van der Waals surface area contributed by atoms with Crippen LogP contribution in [-0.2, 0) is 6.42 Å². The van der Waals surface area contributed by atoms with Crippen LogP contribution in [0.15, 0.2) is 12.1 Å². The number of phenolic OH excluding ortho intramolecular Hbond substituents is 1. The molecule has 0 aromatic heterocycles. The number of aromatic hydroxyl groups is 1. The Morgan fingerprint density at radius 2 is 2.12 bits per heavy atom. The molecule has 3 nitrogen and oxygen atoms in total. The Morgan fingerprint density at radius 1 is 1.41 bits per heavy atom. The lowest BCUT2D eigenvalue weighted by Gasteiger charge is -2.09.